The Morgan fingerprint density at radius 3 is 2.50 bits per heavy atom. The lowest BCUT2D eigenvalue weighted by atomic mass is 10.1. The average molecular weight is 338 g/mol. The van der Waals surface area contributed by atoms with E-state index in [2.05, 4.69) is 21.2 Å². The highest BCUT2D eigenvalue weighted by atomic mass is 79.9. The minimum Gasteiger partial charge on any atom is -0.396 e. The Morgan fingerprint density at radius 2 is 1.90 bits per heavy atom. The molecule has 0 atom stereocenters. The van der Waals surface area contributed by atoms with Gasteiger partial charge in [-0.05, 0) is 58.2 Å². The van der Waals surface area contributed by atoms with E-state index in [0.717, 1.165) is 5.56 Å². The number of hydrogen-bond donors (Lipinski definition) is 2. The first-order chi connectivity index (χ1) is 9.60. The first-order valence-corrected chi connectivity index (χ1v) is 6.85. The molecule has 3 nitrogen and oxygen atoms in total. The molecule has 1 amide bonds. The van der Waals surface area contributed by atoms with Crippen LogP contribution in [-0.2, 0) is 6.42 Å². The van der Waals surface area contributed by atoms with Gasteiger partial charge < -0.3 is 10.4 Å². The third-order valence-corrected chi connectivity index (χ3v) is 3.44. The predicted molar refractivity (Wildman–Crippen MR) is 79.3 cm³/mol. The number of aliphatic hydroxyl groups excluding tert-OH is 1. The van der Waals surface area contributed by atoms with E-state index in [-0.39, 0.29) is 18.1 Å². The zero-order chi connectivity index (χ0) is 14.5. The molecular formula is C15H13BrFNO2. The molecule has 2 aromatic carbocycles. The van der Waals surface area contributed by atoms with Gasteiger partial charge in [-0.3, -0.25) is 4.79 Å². The van der Waals surface area contributed by atoms with Crippen molar-refractivity contribution in [3.63, 3.8) is 0 Å². The van der Waals surface area contributed by atoms with Crippen molar-refractivity contribution in [3.8, 4) is 0 Å². The van der Waals surface area contributed by atoms with Gasteiger partial charge in [-0.25, -0.2) is 4.39 Å². The highest BCUT2D eigenvalue weighted by molar-refractivity contribution is 9.10. The van der Waals surface area contributed by atoms with Crippen LogP contribution in [-0.4, -0.2) is 17.6 Å². The van der Waals surface area contributed by atoms with Crippen LogP contribution in [0.4, 0.5) is 10.1 Å². The Balaban J connectivity index is 2.08. The summed E-state index contributed by atoms with van der Waals surface area (Å²) in [6.45, 7) is 0.0872. The Kier molecular flexibility index (Phi) is 4.87. The van der Waals surface area contributed by atoms with E-state index < -0.39 is 5.82 Å². The largest absolute Gasteiger partial charge is 0.396 e. The van der Waals surface area contributed by atoms with Crippen LogP contribution in [0.2, 0.25) is 0 Å². The Labute approximate surface area is 124 Å². The number of amides is 1. The first-order valence-electron chi connectivity index (χ1n) is 6.06. The second-order valence-corrected chi connectivity index (χ2v) is 5.11. The molecule has 0 unspecified atom stereocenters. The van der Waals surface area contributed by atoms with Crippen molar-refractivity contribution in [2.75, 3.05) is 11.9 Å². The quantitative estimate of drug-likeness (QED) is 0.898. The molecule has 0 spiro atoms. The van der Waals surface area contributed by atoms with Crippen LogP contribution >= 0.6 is 15.9 Å². The Hall–Kier alpha value is -1.72. The van der Waals surface area contributed by atoms with Crippen LogP contribution < -0.4 is 5.32 Å². The maximum absolute atomic E-state index is 13.4. The van der Waals surface area contributed by atoms with Gasteiger partial charge in [0.25, 0.3) is 5.91 Å². The van der Waals surface area contributed by atoms with Crippen LogP contribution in [0.25, 0.3) is 0 Å². The molecule has 104 valence electrons. The zero-order valence-electron chi connectivity index (χ0n) is 10.6. The molecule has 0 aromatic heterocycles. The second-order valence-electron chi connectivity index (χ2n) is 4.25. The van der Waals surface area contributed by atoms with Crippen molar-refractivity contribution in [2.45, 2.75) is 6.42 Å². The fourth-order valence-corrected chi connectivity index (χ4v) is 1.97. The van der Waals surface area contributed by atoms with Crippen molar-refractivity contribution in [1.29, 1.82) is 0 Å². The molecule has 2 rings (SSSR count). The fraction of sp³-hybridized carbons (Fsp3) is 0.133. The number of rotatable bonds is 4. The van der Waals surface area contributed by atoms with E-state index in [1.807, 2.05) is 12.1 Å². The van der Waals surface area contributed by atoms with Crippen LogP contribution in [0.3, 0.4) is 0 Å². The molecule has 0 aliphatic heterocycles. The summed E-state index contributed by atoms with van der Waals surface area (Å²) in [6.07, 6.45) is 0.576. The number of carbonyl (C=O) groups is 1. The van der Waals surface area contributed by atoms with E-state index in [4.69, 9.17) is 5.11 Å². The fourth-order valence-electron chi connectivity index (χ4n) is 1.72. The van der Waals surface area contributed by atoms with Gasteiger partial charge in [-0.15, -0.1) is 0 Å². The minimum atomic E-state index is -0.476. The molecule has 5 heteroatoms. The van der Waals surface area contributed by atoms with E-state index in [1.165, 1.54) is 12.1 Å². The normalized spacial score (nSPS) is 10.3. The predicted octanol–water partition coefficient (Wildman–Crippen LogP) is 3.38. The van der Waals surface area contributed by atoms with Gasteiger partial charge in [-0.2, -0.15) is 0 Å². The van der Waals surface area contributed by atoms with Gasteiger partial charge in [0.05, 0.1) is 4.47 Å². The number of aliphatic hydroxyl groups is 1. The molecule has 0 saturated carbocycles. The molecule has 0 fully saturated rings. The minimum absolute atomic E-state index is 0.0872. The summed E-state index contributed by atoms with van der Waals surface area (Å²) in [5, 5.41) is 11.5. The summed E-state index contributed by atoms with van der Waals surface area (Å²) in [5.74, 6) is -0.845. The summed E-state index contributed by atoms with van der Waals surface area (Å²) in [6, 6.07) is 11.4. The monoisotopic (exact) mass is 337 g/mol. The van der Waals surface area contributed by atoms with Crippen LogP contribution in [0.1, 0.15) is 15.9 Å². The number of hydrogen-bond acceptors (Lipinski definition) is 2. The first kappa shape index (κ1) is 14.7. The molecule has 2 N–H and O–H groups in total. The van der Waals surface area contributed by atoms with Gasteiger partial charge in [0.15, 0.2) is 0 Å². The number of anilines is 1. The maximum Gasteiger partial charge on any atom is 0.255 e. The van der Waals surface area contributed by atoms with E-state index in [1.54, 1.807) is 18.2 Å². The average Bonchev–Trinajstić information content (AvgIpc) is 2.44. The van der Waals surface area contributed by atoms with Crippen molar-refractivity contribution in [2.24, 2.45) is 0 Å². The molecule has 0 aliphatic carbocycles. The van der Waals surface area contributed by atoms with Crippen LogP contribution in [0, 0.1) is 5.82 Å². The third-order valence-electron chi connectivity index (χ3n) is 2.79. The number of halogens is 2. The van der Waals surface area contributed by atoms with E-state index >= 15 is 0 Å². The summed E-state index contributed by atoms with van der Waals surface area (Å²) in [7, 11) is 0. The van der Waals surface area contributed by atoms with Crippen LogP contribution in [0.15, 0.2) is 46.9 Å². The topological polar surface area (TPSA) is 49.3 Å². The molecule has 0 bridgehead atoms. The smallest absolute Gasteiger partial charge is 0.255 e. The molecule has 20 heavy (non-hydrogen) atoms. The van der Waals surface area contributed by atoms with Gasteiger partial charge in [0.1, 0.15) is 5.82 Å². The number of nitrogens with one attached hydrogen (secondary N) is 1. The summed E-state index contributed by atoms with van der Waals surface area (Å²) in [5.41, 5.74) is 1.87. The lowest BCUT2D eigenvalue weighted by Gasteiger charge is -2.07. The SMILES string of the molecule is O=C(Nc1ccc(CCO)cc1)c1ccc(Br)c(F)c1. The summed E-state index contributed by atoms with van der Waals surface area (Å²) >= 11 is 3.04. The third kappa shape index (κ3) is 3.65. The van der Waals surface area contributed by atoms with Crippen molar-refractivity contribution < 1.29 is 14.3 Å². The molecule has 0 saturated heterocycles. The number of benzene rings is 2. The van der Waals surface area contributed by atoms with Gasteiger partial charge in [0, 0.05) is 17.9 Å². The van der Waals surface area contributed by atoms with Crippen molar-refractivity contribution >= 4 is 27.5 Å². The van der Waals surface area contributed by atoms with Gasteiger partial charge in [0.2, 0.25) is 0 Å². The van der Waals surface area contributed by atoms with E-state index in [0.29, 0.717) is 16.6 Å². The van der Waals surface area contributed by atoms with Crippen LogP contribution in [0.5, 0.6) is 0 Å². The second kappa shape index (κ2) is 6.63. The lowest BCUT2D eigenvalue weighted by Crippen LogP contribution is -2.12. The van der Waals surface area contributed by atoms with Gasteiger partial charge in [-0.1, -0.05) is 12.1 Å². The highest BCUT2D eigenvalue weighted by Gasteiger charge is 2.09. The Bertz CT molecular complexity index is 614. The van der Waals surface area contributed by atoms with Crippen molar-refractivity contribution in [3.05, 3.63) is 63.9 Å². The molecule has 2 aromatic rings. The Morgan fingerprint density at radius 1 is 1.20 bits per heavy atom. The molecule has 0 radical (unpaired) electrons. The molecule has 0 aliphatic rings. The molecular weight excluding hydrogens is 325 g/mol. The lowest BCUT2D eigenvalue weighted by molar-refractivity contribution is 0.102. The highest BCUT2D eigenvalue weighted by Crippen LogP contribution is 2.18. The summed E-state index contributed by atoms with van der Waals surface area (Å²) < 4.78 is 13.7. The number of carbonyl (C=O) groups excluding carboxylic acids is 1. The summed E-state index contributed by atoms with van der Waals surface area (Å²) in [4.78, 5) is 12.0. The van der Waals surface area contributed by atoms with E-state index in [9.17, 15) is 9.18 Å². The standard InChI is InChI=1S/C15H13BrFNO2/c16-13-6-3-11(9-14(13)17)15(20)18-12-4-1-10(2-5-12)7-8-19/h1-6,9,19H,7-8H2,(H,18,20). The van der Waals surface area contributed by atoms with Gasteiger partial charge >= 0.3 is 0 Å². The van der Waals surface area contributed by atoms with Crippen molar-refractivity contribution in [1.82, 2.24) is 0 Å². The zero-order valence-corrected chi connectivity index (χ0v) is 12.2. The maximum atomic E-state index is 13.4. The molecule has 0 heterocycles.